The Balaban J connectivity index is 3.29. The van der Waals surface area contributed by atoms with Crippen molar-refractivity contribution in [3.8, 4) is 0 Å². The van der Waals surface area contributed by atoms with Crippen LogP contribution in [0.2, 0.25) is 5.02 Å². The van der Waals surface area contributed by atoms with E-state index in [2.05, 4.69) is 0 Å². The van der Waals surface area contributed by atoms with E-state index >= 15 is 0 Å². The Hall–Kier alpha value is -0.600. The molecule has 0 fully saturated rings. The first-order chi connectivity index (χ1) is 5.16. The van der Waals surface area contributed by atoms with E-state index in [4.69, 9.17) is 17.3 Å². The molecule has 0 aromatic heterocycles. The molecule has 0 spiro atoms. The van der Waals surface area contributed by atoms with Gasteiger partial charge in [-0.1, -0.05) is 17.7 Å². The molecule has 1 nitrogen and oxygen atoms in total. The molecule has 60 valence electrons. The highest BCUT2D eigenvalue weighted by atomic mass is 35.5. The lowest BCUT2D eigenvalue weighted by Crippen LogP contribution is -2.02. The van der Waals surface area contributed by atoms with Gasteiger partial charge in [0.2, 0.25) is 0 Å². The molecule has 2 N–H and O–H groups in total. The number of nitrogens with two attached hydrogens (primary N) is 1. The number of rotatable bonds is 1. The minimum atomic E-state index is -0.292. The van der Waals surface area contributed by atoms with E-state index in [0.717, 1.165) is 0 Å². The topological polar surface area (TPSA) is 26.0 Å². The Morgan fingerprint density at radius 1 is 1.55 bits per heavy atom. The van der Waals surface area contributed by atoms with Gasteiger partial charge in [0.1, 0.15) is 5.82 Å². The second-order valence-corrected chi connectivity index (χ2v) is 2.77. The quantitative estimate of drug-likeness (QED) is 0.693. The van der Waals surface area contributed by atoms with Gasteiger partial charge in [0.05, 0.1) is 0 Å². The SMILES string of the molecule is Cc1ccc(Cl)c(CN)c1F. The summed E-state index contributed by atoms with van der Waals surface area (Å²) in [6, 6.07) is 3.29. The maximum Gasteiger partial charge on any atom is 0.132 e. The second-order valence-electron chi connectivity index (χ2n) is 2.36. The first-order valence-corrected chi connectivity index (χ1v) is 3.68. The molecule has 0 bridgehead atoms. The Bertz CT molecular complexity index is 273. The van der Waals surface area contributed by atoms with Gasteiger partial charge in [-0.2, -0.15) is 0 Å². The predicted octanol–water partition coefficient (Wildman–Crippen LogP) is 2.25. The fourth-order valence-electron chi connectivity index (χ4n) is 0.902. The van der Waals surface area contributed by atoms with Crippen LogP contribution in [-0.4, -0.2) is 0 Å². The lowest BCUT2D eigenvalue weighted by Gasteiger charge is -2.04. The maximum absolute atomic E-state index is 13.1. The summed E-state index contributed by atoms with van der Waals surface area (Å²) in [5, 5.41) is 0.399. The van der Waals surface area contributed by atoms with Gasteiger partial charge in [-0.15, -0.1) is 0 Å². The lowest BCUT2D eigenvalue weighted by atomic mass is 10.1. The van der Waals surface area contributed by atoms with Gasteiger partial charge in [-0.25, -0.2) is 4.39 Å². The third-order valence-corrected chi connectivity index (χ3v) is 1.94. The molecule has 0 aliphatic heterocycles. The van der Waals surface area contributed by atoms with E-state index < -0.39 is 0 Å². The van der Waals surface area contributed by atoms with Crippen LogP contribution in [0, 0.1) is 12.7 Å². The van der Waals surface area contributed by atoms with Crippen molar-refractivity contribution >= 4 is 11.6 Å². The van der Waals surface area contributed by atoms with Gasteiger partial charge in [0, 0.05) is 17.1 Å². The number of halogens is 2. The molecule has 0 saturated heterocycles. The number of aryl methyl sites for hydroxylation is 1. The third kappa shape index (κ3) is 1.52. The Morgan fingerprint density at radius 2 is 2.18 bits per heavy atom. The highest BCUT2D eigenvalue weighted by Gasteiger charge is 2.06. The van der Waals surface area contributed by atoms with Gasteiger partial charge in [0.15, 0.2) is 0 Å². The van der Waals surface area contributed by atoms with E-state index in [1.54, 1.807) is 19.1 Å². The van der Waals surface area contributed by atoms with Crippen LogP contribution in [0.25, 0.3) is 0 Å². The average molecular weight is 174 g/mol. The summed E-state index contributed by atoms with van der Waals surface area (Å²) in [7, 11) is 0. The van der Waals surface area contributed by atoms with Crippen LogP contribution in [0.5, 0.6) is 0 Å². The number of hydrogen-bond acceptors (Lipinski definition) is 1. The van der Waals surface area contributed by atoms with Crippen LogP contribution in [0.15, 0.2) is 12.1 Å². The maximum atomic E-state index is 13.1. The molecule has 0 saturated carbocycles. The fourth-order valence-corrected chi connectivity index (χ4v) is 1.12. The molecular weight excluding hydrogens is 165 g/mol. The summed E-state index contributed by atoms with van der Waals surface area (Å²) in [5.74, 6) is -0.292. The molecule has 0 aliphatic carbocycles. The van der Waals surface area contributed by atoms with E-state index in [0.29, 0.717) is 16.1 Å². The highest BCUT2D eigenvalue weighted by Crippen LogP contribution is 2.20. The molecule has 3 heteroatoms. The normalized spacial score (nSPS) is 10.2. The Morgan fingerprint density at radius 3 is 2.64 bits per heavy atom. The molecule has 0 heterocycles. The van der Waals surface area contributed by atoms with Gasteiger partial charge in [-0.3, -0.25) is 0 Å². The lowest BCUT2D eigenvalue weighted by molar-refractivity contribution is 0.601. The summed E-state index contributed by atoms with van der Waals surface area (Å²) in [5.41, 5.74) is 6.27. The van der Waals surface area contributed by atoms with Gasteiger partial charge >= 0.3 is 0 Å². The molecule has 11 heavy (non-hydrogen) atoms. The summed E-state index contributed by atoms with van der Waals surface area (Å²) in [4.78, 5) is 0. The molecule has 0 unspecified atom stereocenters. The van der Waals surface area contributed by atoms with Crippen LogP contribution in [0.1, 0.15) is 11.1 Å². The summed E-state index contributed by atoms with van der Waals surface area (Å²) >= 11 is 5.68. The first kappa shape index (κ1) is 8.50. The average Bonchev–Trinajstić information content (AvgIpc) is 1.99. The van der Waals surface area contributed by atoms with Crippen LogP contribution >= 0.6 is 11.6 Å². The number of benzene rings is 1. The zero-order chi connectivity index (χ0) is 8.43. The zero-order valence-corrected chi connectivity index (χ0v) is 6.95. The van der Waals surface area contributed by atoms with Crippen LogP contribution < -0.4 is 5.73 Å². The molecule has 1 aromatic rings. The van der Waals surface area contributed by atoms with Crippen molar-refractivity contribution in [3.63, 3.8) is 0 Å². The van der Waals surface area contributed by atoms with Gasteiger partial charge < -0.3 is 5.73 Å². The fraction of sp³-hybridized carbons (Fsp3) is 0.250. The Kier molecular flexibility index (Phi) is 2.47. The molecule has 1 rings (SSSR count). The van der Waals surface area contributed by atoms with Crippen molar-refractivity contribution < 1.29 is 4.39 Å². The monoisotopic (exact) mass is 173 g/mol. The van der Waals surface area contributed by atoms with E-state index in [9.17, 15) is 4.39 Å². The zero-order valence-electron chi connectivity index (χ0n) is 6.20. The van der Waals surface area contributed by atoms with Crippen LogP contribution in [0.4, 0.5) is 4.39 Å². The molecule has 0 amide bonds. The highest BCUT2D eigenvalue weighted by molar-refractivity contribution is 6.31. The molecule has 0 radical (unpaired) electrons. The van der Waals surface area contributed by atoms with Gasteiger partial charge in [-0.05, 0) is 18.6 Å². The largest absolute Gasteiger partial charge is 0.326 e. The molecule has 0 atom stereocenters. The van der Waals surface area contributed by atoms with Gasteiger partial charge in [0.25, 0.3) is 0 Å². The van der Waals surface area contributed by atoms with Crippen molar-refractivity contribution in [2.75, 3.05) is 0 Å². The van der Waals surface area contributed by atoms with E-state index in [-0.39, 0.29) is 12.4 Å². The summed E-state index contributed by atoms with van der Waals surface area (Å²) in [6.07, 6.45) is 0. The minimum absolute atomic E-state index is 0.145. The van der Waals surface area contributed by atoms with E-state index in [1.165, 1.54) is 0 Å². The molecule has 1 aromatic carbocycles. The van der Waals surface area contributed by atoms with Crippen molar-refractivity contribution in [2.24, 2.45) is 5.73 Å². The van der Waals surface area contributed by atoms with Crippen LogP contribution in [0.3, 0.4) is 0 Å². The summed E-state index contributed by atoms with van der Waals surface area (Å²) in [6.45, 7) is 1.83. The molecule has 0 aliphatic rings. The van der Waals surface area contributed by atoms with Crippen molar-refractivity contribution in [3.05, 3.63) is 34.1 Å². The number of hydrogen-bond donors (Lipinski definition) is 1. The van der Waals surface area contributed by atoms with Crippen LogP contribution in [-0.2, 0) is 6.54 Å². The molecular formula is C8H9ClFN. The predicted molar refractivity (Wildman–Crippen MR) is 44.0 cm³/mol. The third-order valence-electron chi connectivity index (χ3n) is 1.58. The first-order valence-electron chi connectivity index (χ1n) is 3.30. The van der Waals surface area contributed by atoms with Crippen molar-refractivity contribution in [2.45, 2.75) is 13.5 Å². The smallest absolute Gasteiger partial charge is 0.132 e. The Labute approximate surface area is 70.0 Å². The second kappa shape index (κ2) is 3.20. The van der Waals surface area contributed by atoms with E-state index in [1.807, 2.05) is 0 Å². The van der Waals surface area contributed by atoms with Crippen molar-refractivity contribution in [1.82, 2.24) is 0 Å². The van der Waals surface area contributed by atoms with Crippen molar-refractivity contribution in [1.29, 1.82) is 0 Å². The standard InChI is InChI=1S/C8H9ClFN/c1-5-2-3-7(9)6(4-11)8(5)10/h2-3H,4,11H2,1H3. The minimum Gasteiger partial charge on any atom is -0.326 e. The summed E-state index contributed by atoms with van der Waals surface area (Å²) < 4.78 is 13.1.